The Morgan fingerprint density at radius 3 is 2.62 bits per heavy atom. The van der Waals surface area contributed by atoms with Crippen LogP contribution in [0.25, 0.3) is 0 Å². The Morgan fingerprint density at radius 2 is 2.10 bits per heavy atom. The number of carbonyl (C=O) groups is 2. The normalized spacial score (nSPS) is 12.8. The highest BCUT2D eigenvalue weighted by Crippen LogP contribution is 2.09. The Bertz CT molecular complexity index is 511. The number of aromatic nitrogens is 2. The second-order valence-corrected chi connectivity index (χ2v) is 5.64. The van der Waals surface area contributed by atoms with Crippen LogP contribution in [0.2, 0.25) is 0 Å². The van der Waals surface area contributed by atoms with Crippen molar-refractivity contribution in [3.63, 3.8) is 0 Å². The maximum atomic E-state index is 12.0. The van der Waals surface area contributed by atoms with Gasteiger partial charge in [0.1, 0.15) is 12.4 Å². The lowest BCUT2D eigenvalue weighted by Gasteiger charge is -2.21. The molecule has 0 radical (unpaired) electrons. The van der Waals surface area contributed by atoms with E-state index in [2.05, 4.69) is 15.3 Å². The molecule has 7 heteroatoms. The van der Waals surface area contributed by atoms with Crippen LogP contribution in [0.5, 0.6) is 0 Å². The summed E-state index contributed by atoms with van der Waals surface area (Å²) in [5.74, 6) is -1.60. The number of nitrogens with one attached hydrogen (secondary N) is 1. The predicted octanol–water partition coefficient (Wildman–Crippen LogP) is 1.17. The summed E-state index contributed by atoms with van der Waals surface area (Å²) in [6.45, 7) is 7.55. The molecule has 1 atom stereocenters. The van der Waals surface area contributed by atoms with Crippen molar-refractivity contribution in [2.75, 3.05) is 6.61 Å². The molecule has 116 valence electrons. The van der Waals surface area contributed by atoms with E-state index in [1.54, 1.807) is 6.92 Å². The van der Waals surface area contributed by atoms with E-state index in [0.29, 0.717) is 5.69 Å². The molecule has 21 heavy (non-hydrogen) atoms. The highest BCUT2D eigenvalue weighted by molar-refractivity contribution is 5.97. The molecular weight excluding hydrogens is 274 g/mol. The highest BCUT2D eigenvalue weighted by atomic mass is 16.5. The molecule has 1 rings (SSSR count). The van der Waals surface area contributed by atoms with Gasteiger partial charge >= 0.3 is 5.97 Å². The van der Waals surface area contributed by atoms with Crippen molar-refractivity contribution in [2.24, 2.45) is 0 Å². The zero-order valence-electron chi connectivity index (χ0n) is 12.7. The van der Waals surface area contributed by atoms with E-state index in [-0.39, 0.29) is 24.2 Å². The van der Waals surface area contributed by atoms with E-state index in [1.165, 1.54) is 12.5 Å². The van der Waals surface area contributed by atoms with Gasteiger partial charge in [-0.25, -0.2) is 14.8 Å². The van der Waals surface area contributed by atoms with Gasteiger partial charge < -0.3 is 15.2 Å². The lowest BCUT2D eigenvalue weighted by atomic mass is 10.1. The van der Waals surface area contributed by atoms with E-state index in [9.17, 15) is 9.59 Å². The quantitative estimate of drug-likeness (QED) is 0.817. The van der Waals surface area contributed by atoms with Crippen LogP contribution in [-0.2, 0) is 9.53 Å². The van der Waals surface area contributed by atoms with Crippen LogP contribution in [0.4, 0.5) is 0 Å². The minimum atomic E-state index is -1.10. The van der Waals surface area contributed by atoms with E-state index in [4.69, 9.17) is 9.84 Å². The fourth-order valence-electron chi connectivity index (χ4n) is 1.59. The van der Waals surface area contributed by atoms with Crippen molar-refractivity contribution in [1.29, 1.82) is 0 Å². The Labute approximate surface area is 123 Å². The molecule has 0 aliphatic carbocycles. The van der Waals surface area contributed by atoms with Gasteiger partial charge in [-0.05, 0) is 27.7 Å². The summed E-state index contributed by atoms with van der Waals surface area (Å²) < 4.78 is 5.48. The van der Waals surface area contributed by atoms with Gasteiger partial charge in [0, 0.05) is 19.2 Å². The average Bonchev–Trinajstić information content (AvgIpc) is 2.36. The summed E-state index contributed by atoms with van der Waals surface area (Å²) in [6, 6.07) is -1.01. The molecule has 0 aromatic carbocycles. The first-order valence-corrected chi connectivity index (χ1v) is 6.65. The monoisotopic (exact) mass is 295 g/mol. The number of carboxylic acid groups (broad SMARTS) is 1. The number of amides is 1. The maximum Gasteiger partial charge on any atom is 0.326 e. The zero-order chi connectivity index (χ0) is 16.0. The summed E-state index contributed by atoms with van der Waals surface area (Å²) in [5.41, 5.74) is 0.412. The van der Waals surface area contributed by atoms with Crippen LogP contribution in [-0.4, -0.2) is 45.2 Å². The lowest BCUT2D eigenvalue weighted by Crippen LogP contribution is -2.42. The molecule has 7 nitrogen and oxygen atoms in total. The van der Waals surface area contributed by atoms with Crippen LogP contribution in [0.15, 0.2) is 12.5 Å². The number of rotatable bonds is 6. The molecule has 1 unspecified atom stereocenters. The van der Waals surface area contributed by atoms with Crippen molar-refractivity contribution in [1.82, 2.24) is 15.3 Å². The molecule has 1 amide bonds. The predicted molar refractivity (Wildman–Crippen MR) is 76.0 cm³/mol. The SMILES string of the molecule is Cc1ncncc1C(=O)NC(CCOC(C)(C)C)C(=O)O. The van der Waals surface area contributed by atoms with Crippen LogP contribution in [0.1, 0.15) is 43.2 Å². The lowest BCUT2D eigenvalue weighted by molar-refractivity contribution is -0.140. The Morgan fingerprint density at radius 1 is 1.43 bits per heavy atom. The fraction of sp³-hybridized carbons (Fsp3) is 0.571. The minimum absolute atomic E-state index is 0.186. The van der Waals surface area contributed by atoms with Gasteiger partial charge in [-0.15, -0.1) is 0 Å². The van der Waals surface area contributed by atoms with Crippen molar-refractivity contribution in [3.05, 3.63) is 23.8 Å². The third-order valence-corrected chi connectivity index (χ3v) is 2.70. The number of hydrogen-bond acceptors (Lipinski definition) is 5. The molecule has 1 heterocycles. The van der Waals surface area contributed by atoms with E-state index >= 15 is 0 Å². The molecule has 0 spiro atoms. The summed E-state index contributed by atoms with van der Waals surface area (Å²) in [6.07, 6.45) is 2.88. The van der Waals surface area contributed by atoms with Gasteiger partial charge in [-0.2, -0.15) is 0 Å². The Balaban J connectivity index is 2.65. The molecule has 2 N–H and O–H groups in total. The van der Waals surface area contributed by atoms with Gasteiger partial charge in [0.25, 0.3) is 5.91 Å². The zero-order valence-corrected chi connectivity index (χ0v) is 12.7. The number of carbonyl (C=O) groups excluding carboxylic acids is 1. The number of carboxylic acids is 1. The fourth-order valence-corrected chi connectivity index (χ4v) is 1.59. The van der Waals surface area contributed by atoms with Gasteiger partial charge in [0.2, 0.25) is 0 Å². The molecule has 1 aromatic heterocycles. The molecule has 0 saturated heterocycles. The van der Waals surface area contributed by atoms with Gasteiger partial charge in [-0.1, -0.05) is 0 Å². The third kappa shape index (κ3) is 5.86. The third-order valence-electron chi connectivity index (χ3n) is 2.70. The molecule has 0 fully saturated rings. The standard InChI is InChI=1S/C14H21N3O4/c1-9-10(7-15-8-16-9)12(18)17-11(13(19)20)5-6-21-14(2,3)4/h7-8,11H,5-6H2,1-4H3,(H,17,18)(H,19,20). The minimum Gasteiger partial charge on any atom is -0.480 e. The maximum absolute atomic E-state index is 12.0. The number of hydrogen-bond donors (Lipinski definition) is 2. The molecule has 0 aliphatic rings. The van der Waals surface area contributed by atoms with E-state index in [1.807, 2.05) is 20.8 Å². The molecular formula is C14H21N3O4. The van der Waals surface area contributed by atoms with Crippen molar-refractivity contribution < 1.29 is 19.4 Å². The van der Waals surface area contributed by atoms with Crippen molar-refractivity contribution in [3.8, 4) is 0 Å². The second-order valence-electron chi connectivity index (χ2n) is 5.64. The summed E-state index contributed by atoms with van der Waals surface area (Å²) in [5, 5.41) is 11.6. The van der Waals surface area contributed by atoms with Crippen LogP contribution < -0.4 is 5.32 Å². The largest absolute Gasteiger partial charge is 0.480 e. The first kappa shape index (κ1) is 17.0. The van der Waals surface area contributed by atoms with Crippen molar-refractivity contribution >= 4 is 11.9 Å². The van der Waals surface area contributed by atoms with E-state index < -0.39 is 17.9 Å². The molecule has 0 saturated carbocycles. The Hall–Kier alpha value is -2.02. The topological polar surface area (TPSA) is 101 Å². The number of ether oxygens (including phenoxy) is 1. The first-order valence-electron chi connectivity index (χ1n) is 6.65. The summed E-state index contributed by atoms with van der Waals surface area (Å²) in [7, 11) is 0. The Kier molecular flexibility index (Phi) is 5.78. The van der Waals surface area contributed by atoms with Gasteiger partial charge in [-0.3, -0.25) is 4.79 Å². The smallest absolute Gasteiger partial charge is 0.326 e. The number of aryl methyl sites for hydroxylation is 1. The van der Waals surface area contributed by atoms with Gasteiger partial charge in [0.05, 0.1) is 16.9 Å². The van der Waals surface area contributed by atoms with E-state index in [0.717, 1.165) is 0 Å². The van der Waals surface area contributed by atoms with Crippen molar-refractivity contribution in [2.45, 2.75) is 45.8 Å². The first-order chi connectivity index (χ1) is 9.70. The number of nitrogens with zero attached hydrogens (tertiary/aromatic N) is 2. The van der Waals surface area contributed by atoms with Crippen LogP contribution >= 0.6 is 0 Å². The average molecular weight is 295 g/mol. The van der Waals surface area contributed by atoms with Crippen LogP contribution in [0.3, 0.4) is 0 Å². The van der Waals surface area contributed by atoms with Gasteiger partial charge in [0.15, 0.2) is 0 Å². The highest BCUT2D eigenvalue weighted by Gasteiger charge is 2.22. The molecule has 0 aliphatic heterocycles. The van der Waals surface area contributed by atoms with Crippen LogP contribution in [0, 0.1) is 6.92 Å². The molecule has 0 bridgehead atoms. The summed E-state index contributed by atoms with van der Waals surface area (Å²) in [4.78, 5) is 30.9. The molecule has 1 aromatic rings. The number of aliphatic carboxylic acids is 1. The summed E-state index contributed by atoms with van der Waals surface area (Å²) >= 11 is 0. The second kappa shape index (κ2) is 7.12.